The number of rotatable bonds is 2. The Balaban J connectivity index is 2.26. The summed E-state index contributed by atoms with van der Waals surface area (Å²) in [6.45, 7) is 7.74. The second kappa shape index (κ2) is 4.85. The average Bonchev–Trinajstić information content (AvgIpc) is 2.58. The van der Waals surface area contributed by atoms with Gasteiger partial charge in [-0.15, -0.1) is 0 Å². The van der Waals surface area contributed by atoms with Crippen molar-refractivity contribution in [3.8, 4) is 6.07 Å². The normalized spacial score (nSPS) is 21.6. The summed E-state index contributed by atoms with van der Waals surface area (Å²) < 4.78 is 25.1. The lowest BCUT2D eigenvalue weighted by Gasteiger charge is -2.32. The predicted octanol–water partition coefficient (Wildman–Crippen LogP) is 2.33. The first kappa shape index (κ1) is 15.0. The van der Waals surface area contributed by atoms with Crippen molar-refractivity contribution in [1.29, 1.82) is 5.26 Å². The Labute approximate surface area is 118 Å². The van der Waals surface area contributed by atoms with Crippen LogP contribution in [-0.2, 0) is 9.31 Å². The van der Waals surface area contributed by atoms with E-state index in [-0.39, 0.29) is 5.56 Å². The third-order valence-corrected chi connectivity index (χ3v) is 4.06. The highest BCUT2D eigenvalue weighted by Gasteiger charge is 2.53. The molecule has 4 nitrogen and oxygen atoms in total. The molecular formula is C14H18BFN2O2. The molecule has 1 heterocycles. The predicted molar refractivity (Wildman–Crippen MR) is 74.1 cm³/mol. The fraction of sp³-hybridized carbons (Fsp3) is 0.500. The van der Waals surface area contributed by atoms with Gasteiger partial charge < -0.3 is 15.0 Å². The van der Waals surface area contributed by atoms with Gasteiger partial charge in [0.1, 0.15) is 11.9 Å². The minimum absolute atomic E-state index is 0.0329. The summed E-state index contributed by atoms with van der Waals surface area (Å²) in [5, 5.41) is 8.86. The molecule has 2 rings (SSSR count). The van der Waals surface area contributed by atoms with E-state index in [9.17, 15) is 4.39 Å². The monoisotopic (exact) mass is 276 g/mol. The van der Waals surface area contributed by atoms with Crippen LogP contribution in [0.5, 0.6) is 0 Å². The third kappa shape index (κ3) is 2.45. The van der Waals surface area contributed by atoms with Crippen LogP contribution in [0.1, 0.15) is 44.8 Å². The first-order valence-electron chi connectivity index (χ1n) is 6.49. The zero-order chi connectivity index (χ0) is 15.1. The van der Waals surface area contributed by atoms with E-state index in [1.165, 1.54) is 12.1 Å². The van der Waals surface area contributed by atoms with Gasteiger partial charge in [0.05, 0.1) is 22.7 Å². The highest BCUT2D eigenvalue weighted by molar-refractivity contribution is 6.47. The Morgan fingerprint density at radius 1 is 1.25 bits per heavy atom. The zero-order valence-corrected chi connectivity index (χ0v) is 12.1. The maximum atomic E-state index is 13.3. The van der Waals surface area contributed by atoms with Gasteiger partial charge in [-0.05, 0) is 45.4 Å². The molecule has 0 amide bonds. The maximum Gasteiger partial charge on any atom is 0.480 e. The van der Waals surface area contributed by atoms with Crippen LogP contribution in [0.25, 0.3) is 0 Å². The highest BCUT2D eigenvalue weighted by Crippen LogP contribution is 2.39. The van der Waals surface area contributed by atoms with Crippen LogP contribution >= 0.6 is 0 Å². The molecule has 0 saturated carbocycles. The lowest BCUT2D eigenvalue weighted by Crippen LogP contribution is -2.41. The first-order chi connectivity index (χ1) is 9.18. The van der Waals surface area contributed by atoms with Crippen LogP contribution in [0.3, 0.4) is 0 Å². The fourth-order valence-corrected chi connectivity index (χ4v) is 2.03. The molecular weight excluding hydrogens is 258 g/mol. The summed E-state index contributed by atoms with van der Waals surface area (Å²) in [5.41, 5.74) is 5.76. The fourth-order valence-electron chi connectivity index (χ4n) is 2.03. The molecule has 0 aromatic heterocycles. The summed E-state index contributed by atoms with van der Waals surface area (Å²) in [5.74, 6) is -1.14. The Morgan fingerprint density at radius 3 is 2.30 bits per heavy atom. The van der Waals surface area contributed by atoms with Crippen molar-refractivity contribution in [1.82, 2.24) is 0 Å². The summed E-state index contributed by atoms with van der Waals surface area (Å²) in [6, 6.07) is 6.02. The maximum absolute atomic E-state index is 13.3. The second-order valence-corrected chi connectivity index (χ2v) is 6.00. The third-order valence-electron chi connectivity index (χ3n) is 4.06. The molecule has 0 bridgehead atoms. The molecule has 0 spiro atoms. The molecule has 1 aliphatic heterocycles. The van der Waals surface area contributed by atoms with Crippen LogP contribution in [-0.4, -0.2) is 18.3 Å². The van der Waals surface area contributed by atoms with Gasteiger partial charge in [-0.3, -0.25) is 0 Å². The standard InChI is InChI=1S/C14H18BFN2O2/c1-13(2)14(3,4)20-15(19-13)12(18)9-5-6-11(16)10(7-9)8-17/h5-7,12H,18H2,1-4H3. The number of nitrogens with zero attached hydrogens (tertiary/aromatic N) is 1. The van der Waals surface area contributed by atoms with Crippen LogP contribution < -0.4 is 5.73 Å². The van der Waals surface area contributed by atoms with E-state index in [0.29, 0.717) is 5.56 Å². The average molecular weight is 276 g/mol. The van der Waals surface area contributed by atoms with Gasteiger partial charge in [0.2, 0.25) is 0 Å². The Kier molecular flexibility index (Phi) is 3.63. The van der Waals surface area contributed by atoms with Crippen molar-refractivity contribution in [2.24, 2.45) is 5.73 Å². The van der Waals surface area contributed by atoms with Gasteiger partial charge in [0.25, 0.3) is 0 Å². The van der Waals surface area contributed by atoms with Crippen molar-refractivity contribution in [3.05, 3.63) is 35.1 Å². The molecule has 106 valence electrons. The van der Waals surface area contributed by atoms with Gasteiger partial charge in [0, 0.05) is 0 Å². The Bertz CT molecular complexity index is 553. The van der Waals surface area contributed by atoms with Gasteiger partial charge >= 0.3 is 7.12 Å². The Morgan fingerprint density at radius 2 is 1.80 bits per heavy atom. The molecule has 1 unspecified atom stereocenters. The van der Waals surface area contributed by atoms with E-state index in [0.717, 1.165) is 0 Å². The smallest absolute Gasteiger partial charge is 0.402 e. The highest BCUT2D eigenvalue weighted by atomic mass is 19.1. The van der Waals surface area contributed by atoms with Crippen molar-refractivity contribution < 1.29 is 13.7 Å². The summed E-state index contributed by atoms with van der Waals surface area (Å²) in [7, 11) is -0.628. The van der Waals surface area contributed by atoms with Crippen LogP contribution in [0.2, 0.25) is 0 Å². The van der Waals surface area contributed by atoms with Crippen LogP contribution in [0, 0.1) is 17.1 Å². The van der Waals surface area contributed by atoms with E-state index < -0.39 is 30.1 Å². The van der Waals surface area contributed by atoms with E-state index in [1.54, 1.807) is 12.1 Å². The molecule has 2 N–H and O–H groups in total. The lowest BCUT2D eigenvalue weighted by atomic mass is 9.74. The number of halogens is 1. The molecule has 1 atom stereocenters. The van der Waals surface area contributed by atoms with Crippen molar-refractivity contribution >= 4 is 7.12 Å². The topological polar surface area (TPSA) is 68.3 Å². The minimum Gasteiger partial charge on any atom is -0.402 e. The number of benzene rings is 1. The first-order valence-corrected chi connectivity index (χ1v) is 6.49. The van der Waals surface area contributed by atoms with Gasteiger partial charge in [-0.1, -0.05) is 6.07 Å². The summed E-state index contributed by atoms with van der Waals surface area (Å²) >= 11 is 0. The summed E-state index contributed by atoms with van der Waals surface area (Å²) in [4.78, 5) is 0. The zero-order valence-electron chi connectivity index (χ0n) is 12.1. The molecule has 1 saturated heterocycles. The number of nitrogens with two attached hydrogens (primary N) is 1. The molecule has 6 heteroatoms. The number of hydrogen-bond acceptors (Lipinski definition) is 4. The van der Waals surface area contributed by atoms with Crippen molar-refractivity contribution in [2.75, 3.05) is 0 Å². The molecule has 1 aromatic rings. The number of nitriles is 1. The van der Waals surface area contributed by atoms with Gasteiger partial charge in [-0.2, -0.15) is 5.26 Å². The largest absolute Gasteiger partial charge is 0.480 e. The molecule has 20 heavy (non-hydrogen) atoms. The molecule has 1 aromatic carbocycles. The van der Waals surface area contributed by atoms with E-state index in [4.69, 9.17) is 20.3 Å². The van der Waals surface area contributed by atoms with Gasteiger partial charge in [0.15, 0.2) is 0 Å². The number of hydrogen-bond donors (Lipinski definition) is 1. The van der Waals surface area contributed by atoms with Crippen LogP contribution in [0.4, 0.5) is 4.39 Å². The molecule has 0 aliphatic carbocycles. The lowest BCUT2D eigenvalue weighted by molar-refractivity contribution is 0.00578. The van der Waals surface area contributed by atoms with Crippen LogP contribution in [0.15, 0.2) is 18.2 Å². The minimum atomic E-state index is -0.628. The van der Waals surface area contributed by atoms with E-state index >= 15 is 0 Å². The molecule has 1 fully saturated rings. The van der Waals surface area contributed by atoms with Gasteiger partial charge in [-0.25, -0.2) is 4.39 Å². The second-order valence-electron chi connectivity index (χ2n) is 6.00. The SMILES string of the molecule is CC1(C)OB(C(N)c2ccc(F)c(C#N)c2)OC1(C)C. The van der Waals surface area contributed by atoms with Crippen molar-refractivity contribution in [2.45, 2.75) is 44.8 Å². The summed E-state index contributed by atoms with van der Waals surface area (Å²) in [6.07, 6.45) is 0. The molecule has 0 radical (unpaired) electrons. The Hall–Kier alpha value is -1.42. The quantitative estimate of drug-likeness (QED) is 0.842. The molecule has 1 aliphatic rings. The van der Waals surface area contributed by atoms with E-state index in [1.807, 2.05) is 27.7 Å². The van der Waals surface area contributed by atoms with Crippen molar-refractivity contribution in [3.63, 3.8) is 0 Å². The van der Waals surface area contributed by atoms with E-state index in [2.05, 4.69) is 0 Å².